The Labute approximate surface area is 180 Å². The summed E-state index contributed by atoms with van der Waals surface area (Å²) in [6.07, 6.45) is 9.36. The molecule has 3 rings (SSSR count). The number of carbonyl (C=O) groups is 1. The maximum absolute atomic E-state index is 12.0. The summed E-state index contributed by atoms with van der Waals surface area (Å²) in [5.41, 5.74) is 0. The van der Waals surface area contributed by atoms with Crippen molar-refractivity contribution < 1.29 is 9.53 Å². The average Bonchev–Trinajstić information content (AvgIpc) is 3.33. The van der Waals surface area contributed by atoms with Crippen LogP contribution in [-0.2, 0) is 9.53 Å². The average molecular weight is 491 g/mol. The number of guanidine groups is 1. The highest BCUT2D eigenvalue weighted by Gasteiger charge is 2.30. The Balaban J connectivity index is 0.00000261. The molecule has 27 heavy (non-hydrogen) atoms. The molecular formula is C19H34IN5O2. The number of hydrogen-bond acceptors (Lipinski definition) is 4. The van der Waals surface area contributed by atoms with Gasteiger partial charge in [-0.25, -0.2) is 4.99 Å². The summed E-state index contributed by atoms with van der Waals surface area (Å²) >= 11 is 0. The number of halogens is 1. The van der Waals surface area contributed by atoms with E-state index in [2.05, 4.69) is 32.3 Å². The van der Waals surface area contributed by atoms with E-state index in [1.54, 1.807) is 19.0 Å². The molecule has 7 nitrogen and oxygen atoms in total. The molecule has 0 radical (unpaired) electrons. The second-order valence-corrected chi connectivity index (χ2v) is 7.61. The van der Waals surface area contributed by atoms with Crippen LogP contribution < -0.4 is 5.32 Å². The van der Waals surface area contributed by atoms with Gasteiger partial charge in [-0.1, -0.05) is 12.2 Å². The van der Waals surface area contributed by atoms with Crippen molar-refractivity contribution in [3.05, 3.63) is 12.2 Å². The van der Waals surface area contributed by atoms with Crippen molar-refractivity contribution in [2.45, 2.75) is 37.8 Å². The molecule has 1 N–H and O–H groups in total. The van der Waals surface area contributed by atoms with Gasteiger partial charge in [0.25, 0.3) is 0 Å². The SMILES string of the molecule is CN(C)C(=O)CN=C(NCC1CCCCO1)N1CCC(N2CC=CC2)C1.I. The summed E-state index contributed by atoms with van der Waals surface area (Å²) in [6.45, 7) is 5.85. The molecule has 2 saturated heterocycles. The third kappa shape index (κ3) is 6.60. The monoisotopic (exact) mass is 491 g/mol. The van der Waals surface area contributed by atoms with Crippen LogP contribution >= 0.6 is 24.0 Å². The minimum atomic E-state index is 0. The summed E-state index contributed by atoms with van der Waals surface area (Å²) in [4.78, 5) is 23.0. The Morgan fingerprint density at radius 2 is 2.04 bits per heavy atom. The van der Waals surface area contributed by atoms with Crippen LogP contribution in [0.3, 0.4) is 0 Å². The molecule has 154 valence electrons. The van der Waals surface area contributed by atoms with Crippen molar-refractivity contribution in [3.8, 4) is 0 Å². The van der Waals surface area contributed by atoms with Gasteiger partial charge in [0.1, 0.15) is 6.54 Å². The van der Waals surface area contributed by atoms with Crippen LogP contribution in [-0.4, -0.2) is 98.7 Å². The fraction of sp³-hybridized carbons (Fsp3) is 0.789. The van der Waals surface area contributed by atoms with E-state index < -0.39 is 0 Å². The molecule has 0 saturated carbocycles. The highest BCUT2D eigenvalue weighted by molar-refractivity contribution is 14.0. The molecule has 0 bridgehead atoms. The highest BCUT2D eigenvalue weighted by atomic mass is 127. The zero-order valence-corrected chi connectivity index (χ0v) is 18.9. The highest BCUT2D eigenvalue weighted by Crippen LogP contribution is 2.18. The third-order valence-electron chi connectivity index (χ3n) is 5.45. The first-order valence-corrected chi connectivity index (χ1v) is 9.87. The van der Waals surface area contributed by atoms with Crippen molar-refractivity contribution in [3.63, 3.8) is 0 Å². The minimum absolute atomic E-state index is 0. The van der Waals surface area contributed by atoms with Crippen molar-refractivity contribution >= 4 is 35.8 Å². The van der Waals surface area contributed by atoms with E-state index in [1.165, 1.54) is 6.42 Å². The van der Waals surface area contributed by atoms with E-state index in [1.807, 2.05) is 0 Å². The zero-order valence-electron chi connectivity index (χ0n) is 16.6. The molecular weight excluding hydrogens is 457 g/mol. The normalized spacial score (nSPS) is 26.1. The Hall–Kier alpha value is -0.870. The quantitative estimate of drug-likeness (QED) is 0.271. The largest absolute Gasteiger partial charge is 0.376 e. The molecule has 0 aromatic heterocycles. The van der Waals surface area contributed by atoms with Gasteiger partial charge in [-0.3, -0.25) is 9.69 Å². The molecule has 8 heteroatoms. The topological polar surface area (TPSA) is 60.4 Å². The number of aliphatic imine (C=N–C) groups is 1. The summed E-state index contributed by atoms with van der Waals surface area (Å²) in [5.74, 6) is 0.877. The summed E-state index contributed by atoms with van der Waals surface area (Å²) in [6, 6.07) is 0.562. The lowest BCUT2D eigenvalue weighted by atomic mass is 10.1. The number of nitrogens with one attached hydrogen (secondary N) is 1. The summed E-state index contributed by atoms with van der Waals surface area (Å²) in [7, 11) is 3.54. The number of hydrogen-bond donors (Lipinski definition) is 1. The van der Waals surface area contributed by atoms with Crippen LogP contribution in [0.25, 0.3) is 0 Å². The van der Waals surface area contributed by atoms with E-state index in [4.69, 9.17) is 4.74 Å². The number of likely N-dealkylation sites (N-methyl/N-ethyl adjacent to an activating group) is 1. The Morgan fingerprint density at radius 3 is 2.70 bits per heavy atom. The van der Waals surface area contributed by atoms with E-state index in [0.717, 1.165) is 64.6 Å². The summed E-state index contributed by atoms with van der Waals surface area (Å²) < 4.78 is 5.83. The van der Waals surface area contributed by atoms with Crippen molar-refractivity contribution in [1.29, 1.82) is 0 Å². The zero-order chi connectivity index (χ0) is 18.4. The maximum atomic E-state index is 12.0. The van der Waals surface area contributed by atoms with Gasteiger partial charge in [-0.2, -0.15) is 0 Å². The number of nitrogens with zero attached hydrogens (tertiary/aromatic N) is 4. The van der Waals surface area contributed by atoms with Crippen LogP contribution in [0, 0.1) is 0 Å². The molecule has 1 amide bonds. The first-order valence-electron chi connectivity index (χ1n) is 9.87. The molecule has 2 atom stereocenters. The van der Waals surface area contributed by atoms with Gasteiger partial charge < -0.3 is 19.9 Å². The van der Waals surface area contributed by atoms with Gasteiger partial charge in [0.2, 0.25) is 5.91 Å². The molecule has 2 unspecified atom stereocenters. The van der Waals surface area contributed by atoms with Crippen molar-refractivity contribution in [2.75, 3.05) is 60.0 Å². The van der Waals surface area contributed by atoms with Crippen LogP contribution in [0.2, 0.25) is 0 Å². The van der Waals surface area contributed by atoms with Crippen molar-refractivity contribution in [1.82, 2.24) is 20.0 Å². The van der Waals surface area contributed by atoms with Crippen LogP contribution in [0.4, 0.5) is 0 Å². The molecule has 0 aromatic rings. The van der Waals surface area contributed by atoms with Gasteiger partial charge in [0.05, 0.1) is 6.10 Å². The number of carbonyl (C=O) groups excluding carboxylic acids is 1. The molecule has 0 aromatic carbocycles. The predicted octanol–water partition coefficient (Wildman–Crippen LogP) is 1.15. The van der Waals surface area contributed by atoms with Gasteiger partial charge >= 0.3 is 0 Å². The van der Waals surface area contributed by atoms with Crippen LogP contribution in [0.5, 0.6) is 0 Å². The summed E-state index contributed by atoms with van der Waals surface area (Å²) in [5, 5.41) is 3.48. The first kappa shape index (κ1) is 22.4. The van der Waals surface area contributed by atoms with E-state index in [-0.39, 0.29) is 42.5 Å². The van der Waals surface area contributed by atoms with E-state index in [9.17, 15) is 4.79 Å². The molecule has 3 aliphatic heterocycles. The van der Waals surface area contributed by atoms with Gasteiger partial charge in [0, 0.05) is 59.5 Å². The lowest BCUT2D eigenvalue weighted by Gasteiger charge is -2.28. The number of ether oxygens (including phenoxy) is 1. The van der Waals surface area contributed by atoms with E-state index >= 15 is 0 Å². The number of rotatable bonds is 5. The van der Waals surface area contributed by atoms with Crippen LogP contribution in [0.1, 0.15) is 25.7 Å². The lowest BCUT2D eigenvalue weighted by Crippen LogP contribution is -2.46. The van der Waals surface area contributed by atoms with Crippen molar-refractivity contribution in [2.24, 2.45) is 4.99 Å². The Bertz CT molecular complexity index is 526. The Morgan fingerprint density at radius 1 is 1.26 bits per heavy atom. The standard InChI is InChI=1S/C19H33N5O2.HI/c1-22(2)18(25)14-21-19(20-13-17-7-3-6-12-26-17)24-11-8-16(15-24)23-9-4-5-10-23;/h4-5,16-17H,3,6-15H2,1-2H3,(H,20,21);1H. The first-order chi connectivity index (χ1) is 12.6. The number of amides is 1. The second-order valence-electron chi connectivity index (χ2n) is 7.61. The van der Waals surface area contributed by atoms with E-state index in [0.29, 0.717) is 6.04 Å². The van der Waals surface area contributed by atoms with Gasteiger partial charge in [-0.15, -0.1) is 24.0 Å². The smallest absolute Gasteiger partial charge is 0.243 e. The molecule has 3 aliphatic rings. The molecule has 0 aliphatic carbocycles. The van der Waals surface area contributed by atoms with Gasteiger partial charge in [0.15, 0.2) is 5.96 Å². The molecule has 0 spiro atoms. The lowest BCUT2D eigenvalue weighted by molar-refractivity contribution is -0.127. The maximum Gasteiger partial charge on any atom is 0.243 e. The minimum Gasteiger partial charge on any atom is -0.376 e. The fourth-order valence-electron chi connectivity index (χ4n) is 3.75. The Kier molecular flexibility index (Phi) is 9.31. The predicted molar refractivity (Wildman–Crippen MR) is 119 cm³/mol. The third-order valence-corrected chi connectivity index (χ3v) is 5.45. The molecule has 3 heterocycles. The fourth-order valence-corrected chi connectivity index (χ4v) is 3.75. The van der Waals surface area contributed by atoms with Crippen LogP contribution in [0.15, 0.2) is 17.1 Å². The second kappa shape index (κ2) is 11.2. The number of likely N-dealkylation sites (tertiary alicyclic amines) is 1. The molecule has 2 fully saturated rings. The van der Waals surface area contributed by atoms with Gasteiger partial charge in [-0.05, 0) is 25.7 Å².